The summed E-state index contributed by atoms with van der Waals surface area (Å²) < 4.78 is 0. The Morgan fingerprint density at radius 2 is 1.75 bits per heavy atom. The van der Waals surface area contributed by atoms with Crippen molar-refractivity contribution in [1.82, 2.24) is 9.97 Å². The van der Waals surface area contributed by atoms with Crippen LogP contribution in [-0.2, 0) is 0 Å². The molecular weight excluding hydrogens is 204 g/mol. The molecule has 2 heterocycles. The summed E-state index contributed by atoms with van der Waals surface area (Å²) in [5.74, 6) is 5.72. The Morgan fingerprint density at radius 1 is 1.06 bits per heavy atom. The number of nitrogen functional groups attached to an aromatic ring is 1. The number of hydrogen-bond donors (Lipinski definition) is 2. The number of hydrazine groups is 1. The Bertz CT molecular complexity index is 405. The van der Waals surface area contributed by atoms with Gasteiger partial charge in [-0.05, 0) is 24.3 Å². The Balaban J connectivity index is 0.000000160. The van der Waals surface area contributed by atoms with Crippen LogP contribution in [0.1, 0.15) is 10.5 Å². The van der Waals surface area contributed by atoms with Crippen molar-refractivity contribution < 1.29 is 4.79 Å². The first-order valence-corrected chi connectivity index (χ1v) is 4.60. The van der Waals surface area contributed by atoms with E-state index in [0.717, 1.165) is 6.29 Å². The molecule has 0 atom stereocenters. The normalized spacial score (nSPS) is 8.56. The fraction of sp³-hybridized carbons (Fsp3) is 0. The first kappa shape index (κ1) is 11.8. The lowest BCUT2D eigenvalue weighted by Gasteiger charge is -1.92. The van der Waals surface area contributed by atoms with Crippen molar-refractivity contribution in [2.75, 3.05) is 5.43 Å². The lowest BCUT2D eigenvalue weighted by Crippen LogP contribution is -2.07. The van der Waals surface area contributed by atoms with E-state index in [-0.39, 0.29) is 0 Å². The van der Waals surface area contributed by atoms with E-state index >= 15 is 0 Å². The molecule has 2 rings (SSSR count). The quantitative estimate of drug-likeness (QED) is 0.448. The fourth-order valence-electron chi connectivity index (χ4n) is 0.894. The summed E-state index contributed by atoms with van der Waals surface area (Å²) in [6, 6.07) is 10.7. The van der Waals surface area contributed by atoms with E-state index in [2.05, 4.69) is 15.4 Å². The first-order chi connectivity index (χ1) is 7.86. The molecule has 0 saturated heterocycles. The third kappa shape index (κ3) is 4.30. The van der Waals surface area contributed by atoms with Gasteiger partial charge in [-0.15, -0.1) is 0 Å². The average molecular weight is 216 g/mol. The Kier molecular flexibility index (Phi) is 5.22. The highest BCUT2D eigenvalue weighted by Gasteiger charge is 1.82. The van der Waals surface area contributed by atoms with Gasteiger partial charge in [-0.3, -0.25) is 9.78 Å². The summed E-state index contributed by atoms with van der Waals surface area (Å²) in [5, 5.41) is 0. The zero-order valence-corrected chi connectivity index (χ0v) is 8.58. The van der Waals surface area contributed by atoms with Crippen LogP contribution in [0, 0.1) is 0 Å². The summed E-state index contributed by atoms with van der Waals surface area (Å²) in [7, 11) is 0. The van der Waals surface area contributed by atoms with Crippen LogP contribution in [0.15, 0.2) is 48.8 Å². The number of anilines is 1. The predicted octanol–water partition coefficient (Wildman–Crippen LogP) is 1.26. The molecule has 0 saturated carbocycles. The first-order valence-electron chi connectivity index (χ1n) is 4.60. The van der Waals surface area contributed by atoms with Gasteiger partial charge in [-0.25, -0.2) is 10.8 Å². The van der Waals surface area contributed by atoms with Crippen molar-refractivity contribution in [2.45, 2.75) is 0 Å². The number of aldehydes is 1. The van der Waals surface area contributed by atoms with Crippen LogP contribution in [0.3, 0.4) is 0 Å². The van der Waals surface area contributed by atoms with E-state index in [1.807, 2.05) is 12.1 Å². The van der Waals surface area contributed by atoms with Gasteiger partial charge in [0.15, 0.2) is 6.29 Å². The topological polar surface area (TPSA) is 80.9 Å². The van der Waals surface area contributed by atoms with Gasteiger partial charge in [-0.2, -0.15) is 0 Å². The monoisotopic (exact) mass is 216 g/mol. The molecule has 5 nitrogen and oxygen atoms in total. The third-order valence-corrected chi connectivity index (χ3v) is 1.62. The number of pyridine rings is 2. The van der Waals surface area contributed by atoms with Crippen LogP contribution < -0.4 is 11.3 Å². The molecule has 0 unspecified atom stereocenters. The number of carbonyl (C=O) groups is 1. The molecule has 0 aliphatic heterocycles. The van der Waals surface area contributed by atoms with Crippen molar-refractivity contribution in [3.8, 4) is 0 Å². The van der Waals surface area contributed by atoms with Crippen LogP contribution in [0.5, 0.6) is 0 Å². The Morgan fingerprint density at radius 3 is 2.06 bits per heavy atom. The fourth-order valence-corrected chi connectivity index (χ4v) is 0.894. The predicted molar refractivity (Wildman–Crippen MR) is 61.7 cm³/mol. The average Bonchev–Trinajstić information content (AvgIpc) is 2.41. The molecule has 2 aromatic rings. The van der Waals surface area contributed by atoms with E-state index in [0.29, 0.717) is 11.5 Å². The van der Waals surface area contributed by atoms with Gasteiger partial charge >= 0.3 is 0 Å². The van der Waals surface area contributed by atoms with Gasteiger partial charge in [0.05, 0.1) is 0 Å². The molecule has 2 aromatic heterocycles. The summed E-state index contributed by atoms with van der Waals surface area (Å²) in [6.45, 7) is 0. The Labute approximate surface area is 93.3 Å². The van der Waals surface area contributed by atoms with E-state index in [1.54, 1.807) is 36.7 Å². The maximum absolute atomic E-state index is 9.94. The zero-order chi connectivity index (χ0) is 11.6. The molecule has 0 aromatic carbocycles. The second-order valence-electron chi connectivity index (χ2n) is 2.73. The molecule has 5 heteroatoms. The van der Waals surface area contributed by atoms with Crippen LogP contribution in [-0.4, -0.2) is 16.3 Å². The van der Waals surface area contributed by atoms with Gasteiger partial charge in [0.2, 0.25) is 0 Å². The van der Waals surface area contributed by atoms with Gasteiger partial charge in [-0.1, -0.05) is 12.1 Å². The highest BCUT2D eigenvalue weighted by atomic mass is 16.1. The number of nitrogens with one attached hydrogen (secondary N) is 1. The summed E-state index contributed by atoms with van der Waals surface area (Å²) in [6.07, 6.45) is 3.99. The standard InChI is InChI=1S/C6H5NO.C5H7N3/c8-5-6-3-1-2-4-7-6;6-8-5-3-1-2-4-7-5/h1-5H;1-4H,6H2,(H,7,8). The van der Waals surface area contributed by atoms with Gasteiger partial charge in [0.1, 0.15) is 11.5 Å². The number of hydrogen-bond acceptors (Lipinski definition) is 5. The maximum atomic E-state index is 9.94. The number of nitrogens with zero attached hydrogens (tertiary/aromatic N) is 2. The molecule has 0 amide bonds. The molecule has 0 bridgehead atoms. The van der Waals surface area contributed by atoms with Gasteiger partial charge < -0.3 is 5.43 Å². The van der Waals surface area contributed by atoms with E-state index in [9.17, 15) is 4.79 Å². The van der Waals surface area contributed by atoms with Crippen molar-refractivity contribution in [2.24, 2.45) is 5.84 Å². The Hall–Kier alpha value is -2.27. The van der Waals surface area contributed by atoms with Crippen molar-refractivity contribution >= 4 is 12.1 Å². The molecule has 0 spiro atoms. The molecule has 0 radical (unpaired) electrons. The number of rotatable bonds is 2. The summed E-state index contributed by atoms with van der Waals surface area (Å²) in [5.41, 5.74) is 2.90. The van der Waals surface area contributed by atoms with Crippen molar-refractivity contribution in [1.29, 1.82) is 0 Å². The van der Waals surface area contributed by atoms with Crippen LogP contribution in [0.25, 0.3) is 0 Å². The number of nitrogens with two attached hydrogens (primary N) is 1. The number of carbonyl (C=O) groups excluding carboxylic acids is 1. The maximum Gasteiger partial charge on any atom is 0.168 e. The molecule has 0 fully saturated rings. The third-order valence-electron chi connectivity index (χ3n) is 1.62. The minimum absolute atomic E-state index is 0.479. The van der Waals surface area contributed by atoms with E-state index in [4.69, 9.17) is 5.84 Å². The van der Waals surface area contributed by atoms with Crippen molar-refractivity contribution in [3.63, 3.8) is 0 Å². The minimum Gasteiger partial charge on any atom is -0.308 e. The van der Waals surface area contributed by atoms with Crippen LogP contribution >= 0.6 is 0 Å². The highest BCUT2D eigenvalue weighted by molar-refractivity contribution is 5.71. The van der Waals surface area contributed by atoms with Gasteiger partial charge in [0.25, 0.3) is 0 Å². The molecule has 0 aliphatic carbocycles. The second kappa shape index (κ2) is 7.08. The smallest absolute Gasteiger partial charge is 0.168 e. The molecule has 16 heavy (non-hydrogen) atoms. The SMILES string of the molecule is NNc1ccccn1.O=Cc1ccccn1. The zero-order valence-electron chi connectivity index (χ0n) is 8.58. The largest absolute Gasteiger partial charge is 0.308 e. The lowest BCUT2D eigenvalue weighted by atomic mass is 10.4. The molecule has 82 valence electrons. The molecule has 0 aliphatic rings. The van der Waals surface area contributed by atoms with Crippen LogP contribution in [0.4, 0.5) is 5.82 Å². The highest BCUT2D eigenvalue weighted by Crippen LogP contribution is 1.94. The molecule has 3 N–H and O–H groups in total. The molecular formula is C11H12N4O. The van der Waals surface area contributed by atoms with Crippen LogP contribution in [0.2, 0.25) is 0 Å². The van der Waals surface area contributed by atoms with Gasteiger partial charge in [0, 0.05) is 12.4 Å². The van der Waals surface area contributed by atoms with E-state index < -0.39 is 0 Å². The lowest BCUT2D eigenvalue weighted by molar-refractivity contribution is 0.111. The minimum atomic E-state index is 0.479. The summed E-state index contributed by atoms with van der Waals surface area (Å²) in [4.78, 5) is 17.5. The van der Waals surface area contributed by atoms with Crippen molar-refractivity contribution in [3.05, 3.63) is 54.5 Å². The number of aromatic nitrogens is 2. The second-order valence-corrected chi connectivity index (χ2v) is 2.73. The summed E-state index contributed by atoms with van der Waals surface area (Å²) >= 11 is 0. The van der Waals surface area contributed by atoms with E-state index in [1.165, 1.54) is 0 Å².